The molecule has 9 aliphatic rings. The first kappa shape index (κ1) is 74.0. The molecule has 0 amide bonds. The zero-order valence-electron chi connectivity index (χ0n) is 56.0. The number of hydrogen-bond acceptors (Lipinski definition) is 28. The van der Waals surface area contributed by atoms with E-state index in [4.69, 9.17) is 61.6 Å². The third-order valence-corrected chi connectivity index (χ3v) is 23.6. The number of esters is 3. The Morgan fingerprint density at radius 2 is 1.26 bits per heavy atom. The molecule has 1 aromatic carbocycles. The molecule has 4 heterocycles. The van der Waals surface area contributed by atoms with Gasteiger partial charge in [0, 0.05) is 18.4 Å². The number of methoxy groups -OCH3 is 3. The largest absolute Gasteiger partial charge is 0.493 e. The quantitative estimate of drug-likeness (QED) is 0.0313. The smallest absolute Gasteiger partial charge is 0.331 e. The lowest BCUT2D eigenvalue weighted by Gasteiger charge is -2.71. The molecule has 0 spiro atoms. The fourth-order valence-electron chi connectivity index (χ4n) is 18.3. The van der Waals surface area contributed by atoms with Crippen LogP contribution in [0.4, 0.5) is 0 Å². The molecular formula is C67H98O29. The third kappa shape index (κ3) is 12.7. The van der Waals surface area contributed by atoms with Crippen LogP contribution in [0.5, 0.6) is 17.2 Å². The van der Waals surface area contributed by atoms with Crippen molar-refractivity contribution in [2.24, 2.45) is 50.2 Å². The summed E-state index contributed by atoms with van der Waals surface area (Å²) in [6.45, 7) is 12.0. The summed E-state index contributed by atoms with van der Waals surface area (Å²) in [4.78, 5) is 56.8. The molecule has 0 radical (unpaired) electrons. The van der Waals surface area contributed by atoms with Gasteiger partial charge in [-0.05, 0) is 136 Å². The van der Waals surface area contributed by atoms with E-state index in [1.807, 2.05) is 6.92 Å². The van der Waals surface area contributed by atoms with Gasteiger partial charge in [-0.3, -0.25) is 14.4 Å². The van der Waals surface area contributed by atoms with Crippen molar-refractivity contribution in [3.8, 4) is 17.2 Å². The molecule has 4 aliphatic heterocycles. The summed E-state index contributed by atoms with van der Waals surface area (Å²) >= 11 is 0. The van der Waals surface area contributed by atoms with Gasteiger partial charge in [0.15, 0.2) is 48.7 Å². The van der Waals surface area contributed by atoms with E-state index in [0.29, 0.717) is 31.2 Å². The van der Waals surface area contributed by atoms with E-state index < -0.39 is 216 Å². The normalized spacial score (nSPS) is 46.0. The molecule has 0 unspecified atom stereocenters. The van der Waals surface area contributed by atoms with E-state index in [1.54, 1.807) is 12.1 Å². The molecule has 29 nitrogen and oxygen atoms in total. The van der Waals surface area contributed by atoms with Gasteiger partial charge >= 0.3 is 23.9 Å². The molecule has 8 fully saturated rings. The Bertz CT molecular complexity index is 3020. The van der Waals surface area contributed by atoms with E-state index in [9.17, 15) is 75.7 Å². The van der Waals surface area contributed by atoms with E-state index in [-0.39, 0.29) is 56.0 Å². The molecule has 29 atom stereocenters. The number of aliphatic hydroxyl groups excluding tert-OH is 11. The summed E-state index contributed by atoms with van der Waals surface area (Å²) in [5, 5.41) is 134. The Morgan fingerprint density at radius 3 is 1.89 bits per heavy atom. The fourth-order valence-corrected chi connectivity index (χ4v) is 18.3. The van der Waals surface area contributed by atoms with Crippen LogP contribution in [0.3, 0.4) is 0 Å². The average Bonchev–Trinajstić information content (AvgIpc) is 0.666. The van der Waals surface area contributed by atoms with Crippen LogP contribution in [0.15, 0.2) is 29.9 Å². The second kappa shape index (κ2) is 28.0. The number of benzene rings is 1. The summed E-state index contributed by atoms with van der Waals surface area (Å²) < 4.78 is 78.2. The van der Waals surface area contributed by atoms with Crippen LogP contribution in [0.2, 0.25) is 0 Å². The van der Waals surface area contributed by atoms with Crippen molar-refractivity contribution >= 4 is 30.0 Å². The van der Waals surface area contributed by atoms with Gasteiger partial charge in [-0.1, -0.05) is 39.3 Å². The highest BCUT2D eigenvalue weighted by atomic mass is 16.8. The summed E-state index contributed by atoms with van der Waals surface area (Å²) in [6, 6.07) is 3.14. The van der Waals surface area contributed by atoms with Crippen molar-refractivity contribution in [1.82, 2.24) is 0 Å². The van der Waals surface area contributed by atoms with Gasteiger partial charge < -0.3 is 123 Å². The molecule has 29 heteroatoms. The Kier molecular flexibility index (Phi) is 21.6. The van der Waals surface area contributed by atoms with Crippen LogP contribution < -0.4 is 14.2 Å². The maximum Gasteiger partial charge on any atom is 0.331 e. The van der Waals surface area contributed by atoms with Crippen molar-refractivity contribution in [3.05, 3.63) is 35.4 Å². The molecule has 4 saturated heterocycles. The van der Waals surface area contributed by atoms with Gasteiger partial charge in [-0.2, -0.15) is 0 Å². The molecule has 0 aromatic heterocycles. The summed E-state index contributed by atoms with van der Waals surface area (Å²) in [5.74, 6) is -4.85. The minimum Gasteiger partial charge on any atom is -0.493 e. The maximum absolute atomic E-state index is 16.2. The number of fused-ring (bicyclic) bond motifs is 7. The van der Waals surface area contributed by atoms with Crippen molar-refractivity contribution < 1.29 is 142 Å². The minimum atomic E-state index is -1.97. The molecule has 12 N–H and O–H groups in total. The van der Waals surface area contributed by atoms with Crippen LogP contribution in [-0.4, -0.2) is 255 Å². The zero-order valence-corrected chi connectivity index (χ0v) is 56.0. The van der Waals surface area contributed by atoms with Gasteiger partial charge in [-0.25, -0.2) is 4.79 Å². The van der Waals surface area contributed by atoms with E-state index in [1.165, 1.54) is 48.2 Å². The summed E-state index contributed by atoms with van der Waals surface area (Å²) in [5.41, 5.74) is -5.22. The number of carboxylic acid groups (broad SMARTS) is 1. The number of aliphatic hydroxyl groups is 11. The van der Waals surface area contributed by atoms with E-state index >= 15 is 4.79 Å². The van der Waals surface area contributed by atoms with Crippen LogP contribution >= 0.6 is 0 Å². The Hall–Kier alpha value is -4.74. The lowest BCUT2D eigenvalue weighted by atomic mass is 9.33. The third-order valence-electron chi connectivity index (χ3n) is 23.6. The van der Waals surface area contributed by atoms with Crippen LogP contribution in [0, 0.1) is 50.2 Å². The van der Waals surface area contributed by atoms with E-state index in [2.05, 4.69) is 26.8 Å². The van der Waals surface area contributed by atoms with Crippen molar-refractivity contribution in [1.29, 1.82) is 0 Å². The minimum absolute atomic E-state index is 0.000973. The zero-order chi connectivity index (χ0) is 70.3. The maximum atomic E-state index is 16.2. The number of carbonyl (C=O) groups excluding carboxylic acids is 3. The number of rotatable bonds is 18. The number of carboxylic acids is 1. The molecule has 96 heavy (non-hydrogen) atoms. The fraction of sp³-hybridized carbons (Fsp3) is 0.791. The van der Waals surface area contributed by atoms with Gasteiger partial charge in [-0.15, -0.1) is 0 Å². The SMILES string of the molecule is COc1cc(/C=C/C(=O)O[C@@H]2[C@H](O[C@@H]3OC[C@@H](O)[C@H](O)[C@H]3O)[C@@H](O[C@@H]3O[C@@H](C)[C@H](O)[C@@H](OC(C)=O)[C@H]3O)[C@H](OC(=O)[C@]34CCC(C)(C)C[C@H]3C3=CC[C@@H]5[C@@]6(C)C[C@H](O)[C@H](O[C@@H]7O[C@H](CO)[C@@H](O)[C@H](O)[C@H]7O)[C@@](C)(C(=O)O)[C@@H]6CC[C@@]5(C)[C@]3(CO)CC4)O[C@@H]2C)cc(OC)c1OC. The predicted octanol–water partition coefficient (Wildman–Crippen LogP) is 0.528. The molecular weight excluding hydrogens is 1270 g/mol. The standard InChI is InChI=1S/C67H98O29/c1-29-43(74)52(90-31(3)70)49(80)58(88-29)94-54-53(93-56-47(78)44(75)36(72)27-87-56)50(92-42(73)15-12-32-22-37(84-9)51(86-11)38(23-32)85-10)30(2)89-59(54)96-61(83)66-19-18-62(4,5)24-34(66)33-13-14-40-63(6)25-35(71)55(95-57-48(79)46(77)45(76)39(26-68)91-57)65(8,60(81)82)41(63)16-17-64(40,7)67(33,28-69)21-20-66/h12-13,15,22-23,29-30,34-36,39-41,43-50,52-59,68-69,71-72,74-80H,14,16-21,24-28H2,1-11H3,(H,81,82)/b15-12+/t29-,30+,34-,35-,36+,39+,40+,41+,43-,44-,45+,46-,47+,48+,49+,50-,52+,53-,54+,55-,56-,57-,58-,59-,63+,64+,65-,66-,67-/m0/s1. The monoisotopic (exact) mass is 1370 g/mol. The first-order valence-corrected chi connectivity index (χ1v) is 33.1. The number of aliphatic carboxylic acids is 1. The molecule has 540 valence electrons. The van der Waals surface area contributed by atoms with Gasteiger partial charge in [0.1, 0.15) is 67.1 Å². The second-order valence-electron chi connectivity index (χ2n) is 29.4. The topological polar surface area (TPSA) is 431 Å². The van der Waals surface area contributed by atoms with Crippen molar-refractivity contribution in [3.63, 3.8) is 0 Å². The lowest BCUT2D eigenvalue weighted by Crippen LogP contribution is -2.71. The molecule has 1 aromatic rings. The molecule has 4 saturated carbocycles. The summed E-state index contributed by atoms with van der Waals surface area (Å²) in [7, 11) is 4.25. The number of carbonyl (C=O) groups is 4. The van der Waals surface area contributed by atoms with Gasteiger partial charge in [0.2, 0.25) is 12.0 Å². The van der Waals surface area contributed by atoms with E-state index in [0.717, 1.165) is 18.6 Å². The number of allylic oxidation sites excluding steroid dienone is 1. The summed E-state index contributed by atoms with van der Waals surface area (Å²) in [6.07, 6.45) is -28.5. The highest BCUT2D eigenvalue weighted by molar-refractivity contribution is 5.87. The Morgan fingerprint density at radius 1 is 0.625 bits per heavy atom. The number of ether oxygens (including phenoxy) is 13. The second-order valence-corrected chi connectivity index (χ2v) is 29.4. The van der Waals surface area contributed by atoms with Gasteiger partial charge in [0.05, 0.1) is 70.3 Å². The average molecular weight is 1370 g/mol. The number of hydrogen-bond donors (Lipinski definition) is 12. The van der Waals surface area contributed by atoms with Crippen LogP contribution in [0.25, 0.3) is 6.08 Å². The predicted molar refractivity (Wildman–Crippen MR) is 327 cm³/mol. The molecule has 0 bridgehead atoms. The first-order chi connectivity index (χ1) is 45.1. The van der Waals surface area contributed by atoms with Crippen LogP contribution in [-0.2, 0) is 66.5 Å². The Labute approximate surface area is 556 Å². The highest BCUT2D eigenvalue weighted by Gasteiger charge is 2.74. The van der Waals surface area contributed by atoms with Gasteiger partial charge in [0.25, 0.3) is 0 Å². The van der Waals surface area contributed by atoms with Crippen molar-refractivity contribution in [2.75, 3.05) is 41.2 Å². The first-order valence-electron chi connectivity index (χ1n) is 33.1. The lowest BCUT2D eigenvalue weighted by molar-refractivity contribution is -0.380. The highest BCUT2D eigenvalue weighted by Crippen LogP contribution is 2.76. The molecule has 10 rings (SSSR count). The Balaban J connectivity index is 1.01. The van der Waals surface area contributed by atoms with Crippen molar-refractivity contribution in [2.45, 2.75) is 242 Å². The molecule has 5 aliphatic carbocycles. The van der Waals surface area contributed by atoms with Crippen LogP contribution in [0.1, 0.15) is 119 Å².